The highest BCUT2D eigenvalue weighted by Crippen LogP contribution is 2.21. The highest BCUT2D eigenvalue weighted by Gasteiger charge is 2.01. The fourth-order valence-corrected chi connectivity index (χ4v) is 1.46. The third kappa shape index (κ3) is 2.32. The van der Waals surface area contributed by atoms with Gasteiger partial charge in [-0.25, -0.2) is 0 Å². The zero-order valence-corrected chi connectivity index (χ0v) is 8.38. The van der Waals surface area contributed by atoms with Gasteiger partial charge < -0.3 is 0 Å². The van der Waals surface area contributed by atoms with E-state index in [4.69, 9.17) is 0 Å². The predicted molar refractivity (Wildman–Crippen MR) is 59.6 cm³/mol. The number of hydrogen-bond donors (Lipinski definition) is 0. The van der Waals surface area contributed by atoms with Crippen molar-refractivity contribution in [1.82, 2.24) is 0 Å². The van der Waals surface area contributed by atoms with E-state index in [1.165, 1.54) is 16.7 Å². The molecule has 0 saturated heterocycles. The average molecular weight is 172 g/mol. The van der Waals surface area contributed by atoms with Gasteiger partial charge in [0.1, 0.15) is 0 Å². The highest BCUT2D eigenvalue weighted by molar-refractivity contribution is 5.46. The molecule has 0 nitrogen and oxygen atoms in total. The lowest BCUT2D eigenvalue weighted by Gasteiger charge is -2.09. The van der Waals surface area contributed by atoms with Gasteiger partial charge in [0.05, 0.1) is 0 Å². The maximum absolute atomic E-state index is 3.80. The van der Waals surface area contributed by atoms with E-state index in [2.05, 4.69) is 43.9 Å². The van der Waals surface area contributed by atoms with Crippen LogP contribution < -0.4 is 0 Å². The molecule has 0 amide bonds. The van der Waals surface area contributed by atoms with Crippen LogP contribution in [0.2, 0.25) is 0 Å². The van der Waals surface area contributed by atoms with E-state index in [-0.39, 0.29) is 0 Å². The van der Waals surface area contributed by atoms with Crippen molar-refractivity contribution in [3.63, 3.8) is 0 Å². The van der Waals surface area contributed by atoms with Gasteiger partial charge in [0.15, 0.2) is 0 Å². The van der Waals surface area contributed by atoms with Crippen molar-refractivity contribution in [2.45, 2.75) is 20.3 Å². The summed E-state index contributed by atoms with van der Waals surface area (Å²) in [7, 11) is 0. The molecule has 1 rings (SSSR count). The molecule has 1 aliphatic rings. The zero-order valence-electron chi connectivity index (χ0n) is 8.38. The molecule has 0 aliphatic heterocycles. The summed E-state index contributed by atoms with van der Waals surface area (Å²) in [6.45, 7) is 8.00. The molecule has 0 atom stereocenters. The van der Waals surface area contributed by atoms with Crippen LogP contribution in [0.3, 0.4) is 0 Å². The maximum Gasteiger partial charge on any atom is -0.00915 e. The summed E-state index contributed by atoms with van der Waals surface area (Å²) in [4.78, 5) is 0. The third-order valence-corrected chi connectivity index (χ3v) is 2.33. The lowest BCUT2D eigenvalue weighted by atomic mass is 9.96. The second-order valence-electron chi connectivity index (χ2n) is 3.09. The third-order valence-electron chi connectivity index (χ3n) is 2.33. The number of allylic oxidation sites excluding steroid dienone is 9. The highest BCUT2D eigenvalue weighted by atomic mass is 14.1. The second-order valence-corrected chi connectivity index (χ2v) is 3.09. The SMILES string of the molecule is C=CC(=C\C)/C(C)=C1\C=CC=CC1. The second kappa shape index (κ2) is 4.66. The Morgan fingerprint density at radius 2 is 2.23 bits per heavy atom. The molecule has 68 valence electrons. The molecule has 0 N–H and O–H groups in total. The first kappa shape index (κ1) is 9.79. The molecular formula is C13H16. The van der Waals surface area contributed by atoms with Crippen molar-refractivity contribution in [3.05, 3.63) is 59.8 Å². The molecule has 1 aliphatic carbocycles. The van der Waals surface area contributed by atoms with E-state index in [1.54, 1.807) is 0 Å². The minimum absolute atomic E-state index is 1.04. The molecule has 0 spiro atoms. The van der Waals surface area contributed by atoms with Crippen LogP contribution in [0.1, 0.15) is 20.3 Å². The Hall–Kier alpha value is -1.30. The van der Waals surface area contributed by atoms with Gasteiger partial charge in [-0.3, -0.25) is 0 Å². The average Bonchev–Trinajstić information content (AvgIpc) is 2.21. The van der Waals surface area contributed by atoms with Gasteiger partial charge in [-0.2, -0.15) is 0 Å². The van der Waals surface area contributed by atoms with Gasteiger partial charge in [0, 0.05) is 0 Å². The lowest BCUT2D eigenvalue weighted by molar-refractivity contribution is 1.19. The van der Waals surface area contributed by atoms with Gasteiger partial charge in [0.25, 0.3) is 0 Å². The Bertz CT molecular complexity index is 309. The standard InChI is InChI=1S/C13H16/c1-4-12(5-2)11(3)13-9-7-6-8-10-13/h4-9H,1,10H2,2-3H3/b12-5+,13-11+. The first-order valence-corrected chi connectivity index (χ1v) is 4.61. The van der Waals surface area contributed by atoms with Crippen molar-refractivity contribution in [2.24, 2.45) is 0 Å². The van der Waals surface area contributed by atoms with E-state index in [1.807, 2.05) is 13.0 Å². The summed E-state index contributed by atoms with van der Waals surface area (Å²) < 4.78 is 0. The van der Waals surface area contributed by atoms with Gasteiger partial charge in [-0.15, -0.1) is 0 Å². The Morgan fingerprint density at radius 1 is 1.46 bits per heavy atom. The van der Waals surface area contributed by atoms with Gasteiger partial charge in [0.2, 0.25) is 0 Å². The van der Waals surface area contributed by atoms with Gasteiger partial charge >= 0.3 is 0 Å². The lowest BCUT2D eigenvalue weighted by Crippen LogP contribution is -1.89. The van der Waals surface area contributed by atoms with E-state index < -0.39 is 0 Å². The fraction of sp³-hybridized carbons (Fsp3) is 0.231. The molecule has 0 radical (unpaired) electrons. The van der Waals surface area contributed by atoms with Crippen molar-refractivity contribution < 1.29 is 0 Å². The quantitative estimate of drug-likeness (QED) is 0.553. The largest absolute Gasteiger partial charge is 0.0985 e. The molecule has 0 aromatic carbocycles. The van der Waals surface area contributed by atoms with Crippen LogP contribution in [0.15, 0.2) is 59.8 Å². The summed E-state index contributed by atoms with van der Waals surface area (Å²) >= 11 is 0. The molecule has 13 heavy (non-hydrogen) atoms. The molecular weight excluding hydrogens is 156 g/mol. The van der Waals surface area contributed by atoms with Crippen LogP contribution in [-0.4, -0.2) is 0 Å². The van der Waals surface area contributed by atoms with Crippen LogP contribution in [-0.2, 0) is 0 Å². The van der Waals surface area contributed by atoms with E-state index >= 15 is 0 Å². The summed E-state index contributed by atoms with van der Waals surface area (Å²) in [5.74, 6) is 0. The van der Waals surface area contributed by atoms with E-state index in [0.29, 0.717) is 0 Å². The van der Waals surface area contributed by atoms with E-state index in [9.17, 15) is 0 Å². The molecule has 0 unspecified atom stereocenters. The Labute approximate surface area is 80.7 Å². The Kier molecular flexibility index (Phi) is 3.51. The van der Waals surface area contributed by atoms with Crippen molar-refractivity contribution >= 4 is 0 Å². The van der Waals surface area contributed by atoms with Crippen molar-refractivity contribution in [3.8, 4) is 0 Å². The maximum atomic E-state index is 3.80. The molecule has 0 aromatic heterocycles. The molecule has 0 bridgehead atoms. The van der Waals surface area contributed by atoms with Crippen molar-refractivity contribution in [1.29, 1.82) is 0 Å². The smallest absolute Gasteiger partial charge is 0.00915 e. The monoisotopic (exact) mass is 172 g/mol. The number of hydrogen-bond acceptors (Lipinski definition) is 0. The summed E-state index contributed by atoms with van der Waals surface area (Å²) in [6.07, 6.45) is 13.6. The Balaban J connectivity index is 2.98. The summed E-state index contributed by atoms with van der Waals surface area (Å²) in [5.41, 5.74) is 3.95. The molecule has 0 aromatic rings. The first-order chi connectivity index (χ1) is 6.29. The minimum Gasteiger partial charge on any atom is -0.0985 e. The first-order valence-electron chi connectivity index (χ1n) is 4.61. The molecule has 0 saturated carbocycles. The summed E-state index contributed by atoms with van der Waals surface area (Å²) in [5, 5.41) is 0. The van der Waals surface area contributed by atoms with Gasteiger partial charge in [-0.05, 0) is 37.0 Å². The molecule has 0 heteroatoms. The van der Waals surface area contributed by atoms with Crippen LogP contribution in [0.4, 0.5) is 0 Å². The van der Waals surface area contributed by atoms with Crippen molar-refractivity contribution in [2.75, 3.05) is 0 Å². The molecule has 0 fully saturated rings. The normalized spacial score (nSPS) is 20.3. The van der Waals surface area contributed by atoms with Crippen LogP contribution in [0, 0.1) is 0 Å². The minimum atomic E-state index is 1.04. The van der Waals surface area contributed by atoms with Gasteiger partial charge in [-0.1, -0.05) is 43.0 Å². The zero-order chi connectivity index (χ0) is 9.68. The molecule has 0 heterocycles. The van der Waals surface area contributed by atoms with Crippen LogP contribution in [0.5, 0.6) is 0 Å². The summed E-state index contributed by atoms with van der Waals surface area (Å²) in [6, 6.07) is 0. The van der Waals surface area contributed by atoms with Crippen LogP contribution >= 0.6 is 0 Å². The van der Waals surface area contributed by atoms with Crippen LogP contribution in [0.25, 0.3) is 0 Å². The predicted octanol–water partition coefficient (Wildman–Crippen LogP) is 3.95. The number of rotatable bonds is 2. The fourth-order valence-electron chi connectivity index (χ4n) is 1.46. The Morgan fingerprint density at radius 3 is 2.69 bits per heavy atom. The van der Waals surface area contributed by atoms with E-state index in [0.717, 1.165) is 6.42 Å². The topological polar surface area (TPSA) is 0 Å².